The summed E-state index contributed by atoms with van der Waals surface area (Å²) in [5, 5.41) is -0.209. The van der Waals surface area contributed by atoms with Gasteiger partial charge in [-0.15, -0.1) is 11.6 Å². The molecule has 1 fully saturated rings. The maximum absolute atomic E-state index is 12.1. The molecule has 1 saturated carbocycles. The molecule has 0 spiro atoms. The summed E-state index contributed by atoms with van der Waals surface area (Å²) >= 11 is 6.11. The van der Waals surface area contributed by atoms with Crippen molar-refractivity contribution in [1.29, 1.82) is 0 Å². The summed E-state index contributed by atoms with van der Waals surface area (Å²) in [4.78, 5) is 0.197. The smallest absolute Gasteiger partial charge is 0.261 e. The van der Waals surface area contributed by atoms with E-state index in [2.05, 4.69) is 0 Å². The van der Waals surface area contributed by atoms with Crippen molar-refractivity contribution < 1.29 is 12.6 Å². The second-order valence-electron chi connectivity index (χ2n) is 4.70. The fourth-order valence-electron chi connectivity index (χ4n) is 2.08. The van der Waals surface area contributed by atoms with Crippen LogP contribution in [0.5, 0.6) is 0 Å². The van der Waals surface area contributed by atoms with E-state index in [1.165, 1.54) is 0 Å². The zero-order valence-corrected chi connectivity index (χ0v) is 11.9. The molecule has 0 saturated heterocycles. The Balaban J connectivity index is 2.13. The second-order valence-corrected chi connectivity index (χ2v) is 6.83. The Labute approximate surface area is 113 Å². The standard InChI is InChI=1S/C13H17ClO3S/c1-10-6-8-11(9-7-10)18(15,16)17-13-5-3-2-4-12(13)14/h6-9,12-13H,2-5H2,1H3/t12-,13-/m0/s1. The predicted octanol–water partition coefficient (Wildman–Crippen LogP) is 3.25. The van der Waals surface area contributed by atoms with E-state index in [9.17, 15) is 8.42 Å². The van der Waals surface area contributed by atoms with E-state index < -0.39 is 16.2 Å². The summed E-state index contributed by atoms with van der Waals surface area (Å²) in [5.74, 6) is 0. The Morgan fingerprint density at radius 3 is 2.39 bits per heavy atom. The summed E-state index contributed by atoms with van der Waals surface area (Å²) in [6, 6.07) is 6.65. The quantitative estimate of drug-likeness (QED) is 0.633. The van der Waals surface area contributed by atoms with Crippen LogP contribution in [0.15, 0.2) is 29.2 Å². The lowest BCUT2D eigenvalue weighted by Crippen LogP contribution is -2.30. The molecule has 1 aromatic carbocycles. The fourth-order valence-corrected chi connectivity index (χ4v) is 3.61. The summed E-state index contributed by atoms with van der Waals surface area (Å²) in [7, 11) is -3.69. The molecule has 0 heterocycles. The lowest BCUT2D eigenvalue weighted by atomic mass is 9.97. The Bertz CT molecular complexity index is 495. The van der Waals surface area contributed by atoms with Crippen LogP contribution in [0.4, 0.5) is 0 Å². The topological polar surface area (TPSA) is 43.4 Å². The Morgan fingerprint density at radius 2 is 1.78 bits per heavy atom. The average Bonchev–Trinajstić information content (AvgIpc) is 2.32. The molecule has 0 bridgehead atoms. The minimum Gasteiger partial charge on any atom is -0.261 e. The van der Waals surface area contributed by atoms with Gasteiger partial charge in [0.2, 0.25) is 0 Å². The summed E-state index contributed by atoms with van der Waals surface area (Å²) in [6.45, 7) is 1.91. The molecule has 1 aliphatic rings. The highest BCUT2D eigenvalue weighted by Gasteiger charge is 2.29. The van der Waals surface area contributed by atoms with Crippen molar-refractivity contribution in [3.8, 4) is 0 Å². The third kappa shape index (κ3) is 3.25. The minimum atomic E-state index is -3.69. The number of rotatable bonds is 3. The van der Waals surface area contributed by atoms with Gasteiger partial charge in [-0.1, -0.05) is 30.5 Å². The first-order chi connectivity index (χ1) is 8.49. The molecule has 0 radical (unpaired) electrons. The largest absolute Gasteiger partial charge is 0.297 e. The van der Waals surface area contributed by atoms with Crippen molar-refractivity contribution in [2.75, 3.05) is 0 Å². The van der Waals surface area contributed by atoms with Gasteiger partial charge in [0.05, 0.1) is 16.4 Å². The first-order valence-electron chi connectivity index (χ1n) is 6.13. The third-order valence-electron chi connectivity index (χ3n) is 3.18. The number of hydrogen-bond acceptors (Lipinski definition) is 3. The van der Waals surface area contributed by atoms with Gasteiger partial charge in [0, 0.05) is 0 Å². The molecule has 100 valence electrons. The number of halogens is 1. The van der Waals surface area contributed by atoms with Gasteiger partial charge in [-0.3, -0.25) is 4.18 Å². The number of alkyl halides is 1. The van der Waals surface area contributed by atoms with E-state index in [1.54, 1.807) is 24.3 Å². The molecule has 1 aromatic rings. The number of aryl methyl sites for hydroxylation is 1. The van der Waals surface area contributed by atoms with E-state index in [-0.39, 0.29) is 10.3 Å². The van der Waals surface area contributed by atoms with Gasteiger partial charge < -0.3 is 0 Å². The van der Waals surface area contributed by atoms with Crippen LogP contribution in [0.3, 0.4) is 0 Å². The van der Waals surface area contributed by atoms with Crippen molar-refractivity contribution in [3.63, 3.8) is 0 Å². The summed E-state index contributed by atoms with van der Waals surface area (Å²) < 4.78 is 29.4. The lowest BCUT2D eigenvalue weighted by molar-refractivity contribution is 0.166. The SMILES string of the molecule is Cc1ccc(S(=O)(=O)O[C@H]2CCCC[C@@H]2Cl)cc1. The maximum atomic E-state index is 12.1. The Hall–Kier alpha value is -0.580. The van der Waals surface area contributed by atoms with Crippen LogP contribution < -0.4 is 0 Å². The van der Waals surface area contributed by atoms with Gasteiger partial charge in [0.15, 0.2) is 0 Å². The van der Waals surface area contributed by atoms with Gasteiger partial charge >= 0.3 is 0 Å². The van der Waals surface area contributed by atoms with E-state index in [1.807, 2.05) is 6.92 Å². The van der Waals surface area contributed by atoms with Crippen molar-refractivity contribution in [2.24, 2.45) is 0 Å². The van der Waals surface area contributed by atoms with E-state index in [0.29, 0.717) is 6.42 Å². The number of hydrogen-bond donors (Lipinski definition) is 0. The molecular formula is C13H17ClO3S. The molecular weight excluding hydrogens is 272 g/mol. The minimum absolute atomic E-state index is 0.197. The normalized spacial score (nSPS) is 25.0. The first kappa shape index (κ1) is 13.8. The van der Waals surface area contributed by atoms with Crippen LogP contribution in [0.2, 0.25) is 0 Å². The molecule has 1 aliphatic carbocycles. The van der Waals surface area contributed by atoms with Crippen LogP contribution in [0.25, 0.3) is 0 Å². The zero-order chi connectivity index (χ0) is 13.2. The van der Waals surface area contributed by atoms with E-state index in [4.69, 9.17) is 15.8 Å². The monoisotopic (exact) mass is 288 g/mol. The lowest BCUT2D eigenvalue weighted by Gasteiger charge is -2.26. The van der Waals surface area contributed by atoms with Gasteiger partial charge in [-0.2, -0.15) is 8.42 Å². The molecule has 2 atom stereocenters. The fraction of sp³-hybridized carbons (Fsp3) is 0.538. The molecule has 5 heteroatoms. The van der Waals surface area contributed by atoms with E-state index in [0.717, 1.165) is 24.8 Å². The zero-order valence-electron chi connectivity index (χ0n) is 10.3. The number of benzene rings is 1. The Morgan fingerprint density at radius 1 is 1.17 bits per heavy atom. The average molecular weight is 289 g/mol. The van der Waals surface area contributed by atoms with Crippen LogP contribution >= 0.6 is 11.6 Å². The molecule has 0 amide bonds. The molecule has 0 N–H and O–H groups in total. The molecule has 18 heavy (non-hydrogen) atoms. The highest BCUT2D eigenvalue weighted by molar-refractivity contribution is 7.86. The van der Waals surface area contributed by atoms with E-state index >= 15 is 0 Å². The van der Waals surface area contributed by atoms with Gasteiger partial charge in [0.25, 0.3) is 10.1 Å². The van der Waals surface area contributed by atoms with Gasteiger partial charge in [-0.25, -0.2) is 0 Å². The van der Waals surface area contributed by atoms with Crippen molar-refractivity contribution in [3.05, 3.63) is 29.8 Å². The molecule has 2 rings (SSSR count). The van der Waals surface area contributed by atoms with Gasteiger partial charge in [-0.05, 0) is 31.9 Å². The maximum Gasteiger partial charge on any atom is 0.297 e. The van der Waals surface area contributed by atoms with Crippen molar-refractivity contribution in [2.45, 2.75) is 49.0 Å². The van der Waals surface area contributed by atoms with Crippen molar-refractivity contribution in [1.82, 2.24) is 0 Å². The molecule has 0 aliphatic heterocycles. The van der Waals surface area contributed by atoms with Crippen LogP contribution in [0, 0.1) is 6.92 Å². The third-order valence-corrected chi connectivity index (χ3v) is 5.03. The second kappa shape index (κ2) is 5.59. The molecule has 0 unspecified atom stereocenters. The van der Waals surface area contributed by atoms with Crippen LogP contribution in [-0.4, -0.2) is 19.9 Å². The summed E-state index contributed by atoms with van der Waals surface area (Å²) in [6.07, 6.45) is 3.14. The van der Waals surface area contributed by atoms with Crippen molar-refractivity contribution >= 4 is 21.7 Å². The predicted molar refractivity (Wildman–Crippen MR) is 71.3 cm³/mol. The van der Waals surface area contributed by atoms with Crippen LogP contribution in [0.1, 0.15) is 31.2 Å². The highest BCUT2D eigenvalue weighted by Crippen LogP contribution is 2.28. The highest BCUT2D eigenvalue weighted by atomic mass is 35.5. The molecule has 3 nitrogen and oxygen atoms in total. The Kier molecular flexibility index (Phi) is 4.30. The summed E-state index contributed by atoms with van der Waals surface area (Å²) in [5.41, 5.74) is 1.02. The first-order valence-corrected chi connectivity index (χ1v) is 7.97. The molecule has 0 aromatic heterocycles. The van der Waals surface area contributed by atoms with Crippen LogP contribution in [-0.2, 0) is 14.3 Å². The van der Waals surface area contributed by atoms with Gasteiger partial charge in [0.1, 0.15) is 0 Å².